The van der Waals surface area contributed by atoms with Crippen LogP contribution in [0.1, 0.15) is 56.4 Å². The van der Waals surface area contributed by atoms with Crippen LogP contribution in [0, 0.1) is 11.8 Å². The van der Waals surface area contributed by atoms with E-state index in [1.165, 1.54) is 0 Å². The van der Waals surface area contributed by atoms with Gasteiger partial charge in [0.25, 0.3) is 5.17 Å². The van der Waals surface area contributed by atoms with Gasteiger partial charge < -0.3 is 15.4 Å². The molecule has 2 saturated heterocycles. The Hall–Kier alpha value is -0.730. The maximum atomic E-state index is 10.3. The molecule has 0 radical (unpaired) electrons. The van der Waals surface area contributed by atoms with Crippen LogP contribution >= 0.6 is 36.2 Å². The average molecular weight is 399 g/mol. The van der Waals surface area contributed by atoms with Gasteiger partial charge >= 0.3 is 5.97 Å². The summed E-state index contributed by atoms with van der Waals surface area (Å²) in [6, 6.07) is 0. The van der Waals surface area contributed by atoms with Crippen LogP contribution in [-0.2, 0) is 14.3 Å². The predicted molar refractivity (Wildman–Crippen MR) is 114 cm³/mol. The van der Waals surface area contributed by atoms with Crippen LogP contribution in [0.3, 0.4) is 0 Å². The Morgan fingerprint density at radius 1 is 0.917 bits per heavy atom. The van der Waals surface area contributed by atoms with E-state index in [-0.39, 0.29) is 37.7 Å². The molecule has 24 heavy (non-hydrogen) atoms. The van der Waals surface area contributed by atoms with Crippen molar-refractivity contribution in [3.63, 3.8) is 0 Å². The zero-order valence-electron chi connectivity index (χ0n) is 14.0. The molecule has 8 heteroatoms. The summed E-state index contributed by atoms with van der Waals surface area (Å²) in [7, 11) is 0. The van der Waals surface area contributed by atoms with E-state index >= 15 is 0 Å². The smallest absolute Gasteiger partial charge is 0.332 e. The lowest BCUT2D eigenvalue weighted by Crippen LogP contribution is -2.12. The molecule has 0 amide bonds. The van der Waals surface area contributed by atoms with Gasteiger partial charge in [0.1, 0.15) is 10.9 Å². The summed E-state index contributed by atoms with van der Waals surface area (Å²) in [6.07, 6.45) is 0. The second-order valence-electron chi connectivity index (χ2n) is 5.69. The summed E-state index contributed by atoms with van der Waals surface area (Å²) in [6.45, 7) is 13.6. The third kappa shape index (κ3) is 29.3. The van der Waals surface area contributed by atoms with E-state index in [1.54, 1.807) is 0 Å². The van der Waals surface area contributed by atoms with Crippen molar-refractivity contribution in [2.24, 2.45) is 11.8 Å². The first kappa shape index (κ1) is 31.1. The molecule has 0 aromatic heterocycles. The molecule has 0 aromatic carbocycles. The summed E-state index contributed by atoms with van der Waals surface area (Å²) in [5, 5.41) is 5.54. The molecule has 0 bridgehead atoms. The average Bonchev–Trinajstić information content (AvgIpc) is 2.86. The molecule has 0 saturated carbocycles. The summed E-state index contributed by atoms with van der Waals surface area (Å²) < 4.78 is 4.94. The molecule has 0 unspecified atom stereocenters. The van der Waals surface area contributed by atoms with Crippen LogP contribution in [0.4, 0.5) is 0 Å². The van der Waals surface area contributed by atoms with Crippen LogP contribution in [0.25, 0.3) is 0 Å². The highest BCUT2D eigenvalue weighted by Gasteiger charge is 2.14. The Kier molecular flexibility index (Phi) is 24.1. The Bertz CT molecular complexity index is 317. The molecular formula is C16H34N2O3S3. The fourth-order valence-electron chi connectivity index (χ4n) is 0.640. The number of hydrogen-bond donors (Lipinski definition) is 2. The first-order chi connectivity index (χ1) is 10.0. The van der Waals surface area contributed by atoms with Crippen molar-refractivity contribution < 1.29 is 14.3 Å². The number of thiocarbonyl (C=S) groups is 2. The first-order valence-corrected chi connectivity index (χ1v) is 8.64. The quantitative estimate of drug-likeness (QED) is 0.466. The van der Waals surface area contributed by atoms with Gasteiger partial charge in [-0.05, 0) is 35.8 Å². The zero-order valence-corrected chi connectivity index (χ0v) is 16.5. The third-order valence-corrected chi connectivity index (χ3v) is 2.49. The van der Waals surface area contributed by atoms with Crippen molar-refractivity contribution in [3.8, 4) is 0 Å². The zero-order chi connectivity index (χ0) is 17.7. The minimum absolute atomic E-state index is 0. The van der Waals surface area contributed by atoms with Crippen molar-refractivity contribution in [3.05, 3.63) is 0 Å². The van der Waals surface area contributed by atoms with Crippen LogP contribution in [-0.4, -0.2) is 33.7 Å². The Morgan fingerprint density at radius 3 is 1.42 bits per heavy atom. The van der Waals surface area contributed by atoms with Crippen LogP contribution < -0.4 is 10.6 Å². The number of esters is 1. The minimum atomic E-state index is -0.301. The summed E-state index contributed by atoms with van der Waals surface area (Å²) in [4.78, 5) is 20.3. The number of carbonyl (C=O) groups excluding carboxylic acids is 2. The number of thioether (sulfide) groups is 1. The third-order valence-electron chi connectivity index (χ3n) is 1.17. The van der Waals surface area contributed by atoms with E-state index < -0.39 is 0 Å². The van der Waals surface area contributed by atoms with Gasteiger partial charge in [0, 0.05) is 0 Å². The van der Waals surface area contributed by atoms with Crippen molar-refractivity contribution in [1.82, 2.24) is 10.6 Å². The van der Waals surface area contributed by atoms with E-state index in [0.29, 0.717) is 10.9 Å². The Morgan fingerprint density at radius 2 is 1.33 bits per heavy atom. The standard InChI is InChI=1S/2C4H10.C3H3NO2S.C3H3NOS2.2CH4/c2*1-4(2)3;5-2-1-4-3(7)6-2;5-2-1-4-3(6)7-2;;/h2*4H,1-3H3;1H2,(H,4,7);1H2,(H,4,6);2*1H4. The summed E-state index contributed by atoms with van der Waals surface area (Å²) in [5.41, 5.74) is 0. The van der Waals surface area contributed by atoms with E-state index in [4.69, 9.17) is 0 Å². The van der Waals surface area contributed by atoms with Crippen molar-refractivity contribution in [1.29, 1.82) is 0 Å². The van der Waals surface area contributed by atoms with Gasteiger partial charge in [-0.15, -0.1) is 0 Å². The lowest BCUT2D eigenvalue weighted by atomic mass is 10.3. The van der Waals surface area contributed by atoms with Crippen LogP contribution in [0.15, 0.2) is 0 Å². The minimum Gasteiger partial charge on any atom is -0.398 e. The Balaban J connectivity index is -0.000000112. The SMILES string of the molecule is C.C.CC(C)C.CC(C)C.O=C1CNC(=S)O1.O=C1CNC(=S)S1. The monoisotopic (exact) mass is 398 g/mol. The molecule has 0 aliphatic carbocycles. The van der Waals surface area contributed by atoms with Gasteiger partial charge in [-0.1, -0.05) is 68.6 Å². The molecular weight excluding hydrogens is 364 g/mol. The van der Waals surface area contributed by atoms with Gasteiger partial charge in [-0.25, -0.2) is 4.79 Å². The lowest BCUT2D eigenvalue weighted by molar-refractivity contribution is -0.131. The molecule has 144 valence electrons. The number of carbonyl (C=O) groups is 2. The number of hydrogen-bond acceptors (Lipinski definition) is 6. The van der Waals surface area contributed by atoms with Gasteiger partial charge in [-0.2, -0.15) is 0 Å². The fourth-order valence-corrected chi connectivity index (χ4v) is 1.65. The maximum absolute atomic E-state index is 10.3. The highest BCUT2D eigenvalue weighted by atomic mass is 32.2. The summed E-state index contributed by atoms with van der Waals surface area (Å²) >= 11 is 10.2. The lowest BCUT2D eigenvalue weighted by Gasteiger charge is -1.82. The van der Waals surface area contributed by atoms with Crippen LogP contribution in [0.2, 0.25) is 0 Å². The van der Waals surface area contributed by atoms with Crippen LogP contribution in [0.5, 0.6) is 0 Å². The summed E-state index contributed by atoms with van der Waals surface area (Å²) in [5.74, 6) is 1.37. The molecule has 2 heterocycles. The highest BCUT2D eigenvalue weighted by molar-refractivity contribution is 8.33. The van der Waals surface area contributed by atoms with E-state index in [1.807, 2.05) is 0 Å². The molecule has 2 N–H and O–H groups in total. The Labute approximate surface area is 163 Å². The van der Waals surface area contributed by atoms with Crippen molar-refractivity contribution >= 4 is 56.8 Å². The second-order valence-corrected chi connectivity index (χ2v) is 7.80. The largest absolute Gasteiger partial charge is 0.398 e. The van der Waals surface area contributed by atoms with Gasteiger partial charge in [-0.3, -0.25) is 4.79 Å². The van der Waals surface area contributed by atoms with E-state index in [9.17, 15) is 9.59 Å². The van der Waals surface area contributed by atoms with E-state index in [0.717, 1.165) is 23.6 Å². The second kappa shape index (κ2) is 18.6. The first-order valence-electron chi connectivity index (χ1n) is 7.01. The molecule has 2 rings (SSSR count). The van der Waals surface area contributed by atoms with Gasteiger partial charge in [0.15, 0.2) is 0 Å². The maximum Gasteiger partial charge on any atom is 0.332 e. The predicted octanol–water partition coefficient (Wildman–Crippen LogP) is 4.15. The topological polar surface area (TPSA) is 67.4 Å². The number of ether oxygens (including phenoxy) is 1. The molecule has 2 aliphatic heterocycles. The molecule has 0 atom stereocenters. The highest BCUT2D eigenvalue weighted by Crippen LogP contribution is 2.08. The van der Waals surface area contributed by atoms with Crippen molar-refractivity contribution in [2.45, 2.75) is 56.4 Å². The molecule has 2 fully saturated rings. The van der Waals surface area contributed by atoms with E-state index in [2.05, 4.69) is 81.3 Å². The number of nitrogens with one attached hydrogen (secondary N) is 2. The molecule has 5 nitrogen and oxygen atoms in total. The molecule has 0 spiro atoms. The fraction of sp³-hybridized carbons (Fsp3) is 0.750. The van der Waals surface area contributed by atoms with Gasteiger partial charge in [0.05, 0.1) is 6.54 Å². The number of rotatable bonds is 0. The molecule has 2 aliphatic rings. The normalized spacial score (nSPS) is 14.3. The molecule has 0 aromatic rings. The number of cyclic esters (lactones) is 1. The van der Waals surface area contributed by atoms with Crippen molar-refractivity contribution in [2.75, 3.05) is 13.1 Å². The van der Waals surface area contributed by atoms with Gasteiger partial charge in [0.2, 0.25) is 5.12 Å².